The molecule has 22 heteroatoms. The molecule has 0 bridgehead atoms. The molecule has 0 saturated carbocycles. The first-order valence-corrected chi connectivity index (χ1v) is 32.7. The Kier molecular flexibility index (Phi) is 48.7. The lowest BCUT2D eigenvalue weighted by Crippen LogP contribution is -2.38. The Morgan fingerprint density at radius 1 is 0.299 bits per heavy atom. The maximum absolute atomic E-state index is 5.88. The van der Waals surface area contributed by atoms with Gasteiger partial charge in [0.2, 0.25) is 0 Å². The van der Waals surface area contributed by atoms with Gasteiger partial charge in [-0.05, 0) is 48.9 Å². The van der Waals surface area contributed by atoms with E-state index in [-0.39, 0.29) is 23.7 Å². The van der Waals surface area contributed by atoms with Crippen molar-refractivity contribution >= 4 is 0 Å². The summed E-state index contributed by atoms with van der Waals surface area (Å²) in [7, 11) is 0. The van der Waals surface area contributed by atoms with Crippen molar-refractivity contribution < 1.29 is 104 Å². The highest BCUT2D eigenvalue weighted by Crippen LogP contribution is 2.26. The normalized spacial score (nSPS) is 22.9. The van der Waals surface area contributed by atoms with Crippen LogP contribution in [0.4, 0.5) is 0 Å². The smallest absolute Gasteiger partial charge is 0.149 e. The van der Waals surface area contributed by atoms with Crippen LogP contribution >= 0.6 is 0 Å². The summed E-state index contributed by atoms with van der Waals surface area (Å²) in [6.45, 7) is 56.2. The van der Waals surface area contributed by atoms with Gasteiger partial charge in [0.15, 0.2) is 0 Å². The quantitative estimate of drug-likeness (QED) is 0.0316. The summed E-state index contributed by atoms with van der Waals surface area (Å²) in [6.07, 6.45) is 3.48. The molecule has 8 atom stereocenters. The van der Waals surface area contributed by atoms with Crippen LogP contribution < -0.4 is 0 Å². The third-order valence-corrected chi connectivity index (χ3v) is 12.3. The first kappa shape index (κ1) is 82.2. The second-order valence-corrected chi connectivity index (χ2v) is 26.8. The van der Waals surface area contributed by atoms with Crippen LogP contribution in [0.15, 0.2) is 0 Å². The van der Waals surface area contributed by atoms with Crippen LogP contribution in [0.1, 0.15) is 117 Å². The van der Waals surface area contributed by atoms with Crippen LogP contribution in [0.2, 0.25) is 0 Å². The van der Waals surface area contributed by atoms with Crippen LogP contribution in [-0.2, 0) is 104 Å². The minimum Gasteiger partial charge on any atom is -0.381 e. The van der Waals surface area contributed by atoms with Crippen LogP contribution in [0.25, 0.3) is 0 Å². The van der Waals surface area contributed by atoms with Crippen LogP contribution in [0, 0.1) is 46.3 Å². The number of ether oxygens (including phenoxy) is 22. The molecule has 7 rings (SSSR count). The number of rotatable bonds is 51. The summed E-state index contributed by atoms with van der Waals surface area (Å²) in [5.41, 5.74) is 0.0302. The fourth-order valence-electron chi connectivity index (χ4n) is 6.63. The van der Waals surface area contributed by atoms with E-state index in [9.17, 15) is 0 Å². The zero-order chi connectivity index (χ0) is 64.0. The zero-order valence-corrected chi connectivity index (χ0v) is 57.4. The van der Waals surface area contributed by atoms with Crippen molar-refractivity contribution in [2.45, 2.75) is 166 Å². The zero-order valence-electron chi connectivity index (χ0n) is 57.4. The maximum Gasteiger partial charge on any atom is 0.149 e. The third kappa shape index (κ3) is 61.1. The van der Waals surface area contributed by atoms with E-state index >= 15 is 0 Å². The van der Waals surface area contributed by atoms with Crippen molar-refractivity contribution in [1.82, 2.24) is 0 Å². The van der Waals surface area contributed by atoms with E-state index in [0.717, 1.165) is 119 Å². The highest BCUT2D eigenvalue weighted by atomic mass is 16.7. The molecule has 22 nitrogen and oxygen atoms in total. The third-order valence-electron chi connectivity index (χ3n) is 12.3. The monoisotopic (exact) mass is 1260 g/mol. The number of hydrogen-bond donors (Lipinski definition) is 0. The Morgan fingerprint density at radius 2 is 0.575 bits per heavy atom. The van der Waals surface area contributed by atoms with Gasteiger partial charge < -0.3 is 104 Å². The van der Waals surface area contributed by atoms with Gasteiger partial charge in [-0.1, -0.05) is 104 Å². The average molecular weight is 1260 g/mol. The molecule has 0 radical (unpaired) electrons. The second-order valence-electron chi connectivity index (χ2n) is 26.8. The summed E-state index contributed by atoms with van der Waals surface area (Å²) in [5.74, 6) is 3.42. The highest BCUT2D eigenvalue weighted by Gasteiger charge is 2.34. The number of hydrogen-bond acceptors (Lipinski definition) is 22. The van der Waals surface area contributed by atoms with E-state index in [1.807, 2.05) is 6.92 Å². The highest BCUT2D eigenvalue weighted by molar-refractivity contribution is 4.80. The second kappa shape index (κ2) is 51.5. The fourth-order valence-corrected chi connectivity index (χ4v) is 6.63. The molecule has 0 spiro atoms. The van der Waals surface area contributed by atoms with Crippen molar-refractivity contribution in [3.8, 4) is 0 Å². The summed E-state index contributed by atoms with van der Waals surface area (Å²) < 4.78 is 116. The predicted octanol–water partition coefficient (Wildman–Crippen LogP) is 8.54. The number of epoxide rings is 7. The topological polar surface area (TPSA) is 226 Å². The fraction of sp³-hybridized carbons (Fsp3) is 1.00. The summed E-state index contributed by atoms with van der Waals surface area (Å²) in [6, 6.07) is 0. The van der Waals surface area contributed by atoms with Gasteiger partial charge in [-0.15, -0.1) is 0 Å². The average Bonchev–Trinajstić information content (AvgIpc) is 4.48. The maximum atomic E-state index is 5.88. The summed E-state index contributed by atoms with van der Waals surface area (Å²) >= 11 is 0. The molecule has 0 aliphatic carbocycles. The Hall–Kier alpha value is -0.880. The van der Waals surface area contributed by atoms with Crippen molar-refractivity contribution in [1.29, 1.82) is 0 Å². The first-order chi connectivity index (χ1) is 41.7. The van der Waals surface area contributed by atoms with E-state index in [0.29, 0.717) is 171 Å². The lowest BCUT2D eigenvalue weighted by molar-refractivity contribution is -0.135. The molecule has 0 aromatic carbocycles. The van der Waals surface area contributed by atoms with Gasteiger partial charge >= 0.3 is 0 Å². The SMILES string of the molecule is CC(C)COC(C)COCC1CO1.CC(C)COCC(C)(C)COCC1CO1.CC(C)COCOCC1CO1.CC(C)COCOCCOCC1CO1.CC(C)COCOCOCC1CO1.CCC(COCC(C)C)(COCC1CO1)COCC1CO1. The lowest BCUT2D eigenvalue weighted by atomic mass is 9.88. The Labute approximate surface area is 527 Å². The largest absolute Gasteiger partial charge is 0.381 e. The van der Waals surface area contributed by atoms with Gasteiger partial charge in [-0.2, -0.15) is 0 Å². The molecule has 7 aliphatic rings. The molecule has 0 aromatic heterocycles. The standard InChI is InChI=1S/C16H30O5.C12H24O3.C10H20O4.C10H20O3.C9H18O4.C8H16O3/c1-4-16(10-17-5-13(2)3,11-18-6-14-8-20-14)12-19-7-15-9-21-15;1-10(2)5-13-8-12(3,4)9-14-6-11-7-15-11;1-9(2)5-13-8-12-4-3-11-6-10-7-14-10;1-8(2)4-12-9(3)5-11-6-10-7-13-10;1-8(2)3-10-6-12-7-11-4-9-5-13-9;1-7(2)3-9-6-10-4-8-5-11-8/h13-15H,4-12H2,1-3H3;10-11H,5-9H2,1-4H3;9-10H,3-8H2,1-2H3;8-10H,4-7H2,1-3H3;8-9H,3-7H2,1-2H3;7-8H,3-6H2,1-2H3. The molecule has 7 saturated heterocycles. The Morgan fingerprint density at radius 3 is 0.954 bits per heavy atom. The molecule has 8 unspecified atom stereocenters. The van der Waals surface area contributed by atoms with Gasteiger partial charge in [0.1, 0.15) is 69.9 Å². The van der Waals surface area contributed by atoms with Crippen LogP contribution in [0.5, 0.6) is 0 Å². The minimum absolute atomic E-state index is 0.0708. The van der Waals surface area contributed by atoms with E-state index in [1.54, 1.807) is 0 Å². The van der Waals surface area contributed by atoms with E-state index in [2.05, 4.69) is 104 Å². The van der Waals surface area contributed by atoms with Gasteiger partial charge in [0, 0.05) is 30.7 Å². The molecule has 7 aliphatic heterocycles. The van der Waals surface area contributed by atoms with Gasteiger partial charge in [0.25, 0.3) is 0 Å². The van der Waals surface area contributed by atoms with Crippen LogP contribution in [-0.4, -0.2) is 261 Å². The molecule has 0 aromatic rings. The van der Waals surface area contributed by atoms with Gasteiger partial charge in [0.05, 0.1) is 171 Å². The van der Waals surface area contributed by atoms with E-state index in [1.165, 1.54) is 0 Å². The van der Waals surface area contributed by atoms with E-state index < -0.39 is 0 Å². The first-order valence-electron chi connectivity index (χ1n) is 32.7. The molecule has 520 valence electrons. The minimum atomic E-state index is -0.0708. The van der Waals surface area contributed by atoms with Gasteiger partial charge in [-0.25, -0.2) is 0 Å². The molecule has 7 heterocycles. The van der Waals surface area contributed by atoms with Gasteiger partial charge in [-0.3, -0.25) is 0 Å². The predicted molar refractivity (Wildman–Crippen MR) is 331 cm³/mol. The molecule has 0 N–H and O–H groups in total. The van der Waals surface area contributed by atoms with Crippen molar-refractivity contribution in [2.75, 3.05) is 212 Å². The molecule has 7 fully saturated rings. The van der Waals surface area contributed by atoms with Crippen LogP contribution in [0.3, 0.4) is 0 Å². The van der Waals surface area contributed by atoms with E-state index in [4.69, 9.17) is 104 Å². The Balaban J connectivity index is 0.000000361. The molecular weight excluding hydrogens is 1130 g/mol. The lowest BCUT2D eigenvalue weighted by Gasteiger charge is -2.32. The summed E-state index contributed by atoms with van der Waals surface area (Å²) in [4.78, 5) is 0. The van der Waals surface area contributed by atoms with Crippen molar-refractivity contribution in [2.24, 2.45) is 46.3 Å². The molecular formula is C65H128O22. The summed E-state index contributed by atoms with van der Waals surface area (Å²) in [5, 5.41) is 0. The molecule has 87 heavy (non-hydrogen) atoms. The molecule has 0 amide bonds. The Bertz CT molecular complexity index is 1440. The van der Waals surface area contributed by atoms with Crippen molar-refractivity contribution in [3.05, 3.63) is 0 Å². The van der Waals surface area contributed by atoms with Crippen molar-refractivity contribution in [3.63, 3.8) is 0 Å².